The summed E-state index contributed by atoms with van der Waals surface area (Å²) in [5.41, 5.74) is 3.52. The molecule has 0 radical (unpaired) electrons. The number of nitrogens with zero attached hydrogens (tertiary/aromatic N) is 1. The van der Waals surface area contributed by atoms with Crippen LogP contribution in [0.4, 0.5) is 0 Å². The maximum absolute atomic E-state index is 10.6. The number of carbonyl (C=O) groups excluding carboxylic acids is 1. The molecule has 0 aliphatic heterocycles. The summed E-state index contributed by atoms with van der Waals surface area (Å²) in [6.07, 6.45) is 6.32. The highest BCUT2D eigenvalue weighted by Crippen LogP contribution is 2.25. The number of fused-ring (bicyclic) bond motifs is 1. The summed E-state index contributed by atoms with van der Waals surface area (Å²) in [5, 5.41) is 0. The van der Waals surface area contributed by atoms with Crippen molar-refractivity contribution < 1.29 is 4.79 Å². The Morgan fingerprint density at radius 1 is 1.55 bits per heavy atom. The highest BCUT2D eigenvalue weighted by molar-refractivity contribution is 5.78. The maximum Gasteiger partial charge on any atom is 0.151 e. The molecule has 0 N–H and O–H groups in total. The summed E-state index contributed by atoms with van der Waals surface area (Å²) in [6, 6.07) is 0. The van der Waals surface area contributed by atoms with Crippen LogP contribution in [0.15, 0.2) is 6.20 Å². The van der Waals surface area contributed by atoms with Crippen molar-refractivity contribution in [2.45, 2.75) is 19.3 Å². The molecule has 58 valence electrons. The molecule has 2 heteroatoms. The third kappa shape index (κ3) is 0.821. The minimum atomic E-state index is 0.889. The molecule has 0 amide bonds. The van der Waals surface area contributed by atoms with E-state index in [2.05, 4.69) is 4.57 Å². The molecule has 0 bridgehead atoms. The lowest BCUT2D eigenvalue weighted by Gasteiger charge is -1.94. The zero-order valence-corrected chi connectivity index (χ0v) is 6.63. The highest BCUT2D eigenvalue weighted by Gasteiger charge is 2.17. The van der Waals surface area contributed by atoms with Gasteiger partial charge in [0.15, 0.2) is 6.29 Å². The molecule has 1 aliphatic carbocycles. The second-order valence-electron chi connectivity index (χ2n) is 3.09. The molecule has 0 saturated carbocycles. The van der Waals surface area contributed by atoms with E-state index in [1.807, 2.05) is 13.2 Å². The van der Waals surface area contributed by atoms with Crippen molar-refractivity contribution >= 4 is 6.29 Å². The lowest BCUT2D eigenvalue weighted by atomic mass is 10.2. The first-order chi connectivity index (χ1) is 5.33. The fourth-order valence-electron chi connectivity index (χ4n) is 1.89. The SMILES string of the molecule is Cn1cc(C=O)c2c1CCC2. The number of aldehydes is 1. The van der Waals surface area contributed by atoms with Crippen LogP contribution in [0.25, 0.3) is 0 Å². The summed E-state index contributed by atoms with van der Waals surface area (Å²) >= 11 is 0. The zero-order valence-electron chi connectivity index (χ0n) is 6.63. The molecule has 0 fully saturated rings. The predicted molar refractivity (Wildman–Crippen MR) is 42.8 cm³/mol. The van der Waals surface area contributed by atoms with E-state index in [0.29, 0.717) is 0 Å². The molecule has 0 unspecified atom stereocenters. The van der Waals surface area contributed by atoms with Crippen molar-refractivity contribution in [3.8, 4) is 0 Å². The van der Waals surface area contributed by atoms with Crippen molar-refractivity contribution in [1.29, 1.82) is 0 Å². The largest absolute Gasteiger partial charge is 0.353 e. The van der Waals surface area contributed by atoms with Gasteiger partial charge in [-0.05, 0) is 24.8 Å². The van der Waals surface area contributed by atoms with Crippen LogP contribution in [0.3, 0.4) is 0 Å². The average Bonchev–Trinajstić information content (AvgIpc) is 2.54. The molecule has 1 aliphatic rings. The second kappa shape index (κ2) is 2.22. The van der Waals surface area contributed by atoms with Gasteiger partial charge in [0.1, 0.15) is 0 Å². The first kappa shape index (κ1) is 6.65. The predicted octanol–water partition coefficient (Wildman–Crippen LogP) is 1.33. The van der Waals surface area contributed by atoms with Crippen LogP contribution in [0.1, 0.15) is 28.0 Å². The Balaban J connectivity index is 2.60. The van der Waals surface area contributed by atoms with Crippen molar-refractivity contribution in [3.63, 3.8) is 0 Å². The lowest BCUT2D eigenvalue weighted by Crippen LogP contribution is -1.90. The Bertz CT molecular complexity index is 299. The molecular formula is C9H11NO. The molecule has 2 nitrogen and oxygen atoms in total. The summed E-state index contributed by atoms with van der Waals surface area (Å²) < 4.78 is 2.08. The van der Waals surface area contributed by atoms with E-state index in [1.165, 1.54) is 17.7 Å². The van der Waals surface area contributed by atoms with Gasteiger partial charge in [0.25, 0.3) is 0 Å². The van der Waals surface area contributed by atoms with Gasteiger partial charge in [0.2, 0.25) is 0 Å². The summed E-state index contributed by atoms with van der Waals surface area (Å²) in [6.45, 7) is 0. The summed E-state index contributed by atoms with van der Waals surface area (Å²) in [4.78, 5) is 10.6. The van der Waals surface area contributed by atoms with Gasteiger partial charge < -0.3 is 4.57 Å². The molecule has 11 heavy (non-hydrogen) atoms. The van der Waals surface area contributed by atoms with Crippen molar-refractivity contribution in [2.75, 3.05) is 0 Å². The van der Waals surface area contributed by atoms with E-state index >= 15 is 0 Å². The molecular weight excluding hydrogens is 138 g/mol. The molecule has 0 aromatic carbocycles. The number of hydrogen-bond donors (Lipinski definition) is 0. The molecule has 0 saturated heterocycles. The molecule has 1 aromatic heterocycles. The summed E-state index contributed by atoms with van der Waals surface area (Å²) in [5.74, 6) is 0. The van der Waals surface area contributed by atoms with Gasteiger partial charge in [-0.25, -0.2) is 0 Å². The van der Waals surface area contributed by atoms with Crippen molar-refractivity contribution in [1.82, 2.24) is 4.57 Å². The van der Waals surface area contributed by atoms with Gasteiger partial charge in [0.05, 0.1) is 0 Å². The van der Waals surface area contributed by atoms with Gasteiger partial charge in [-0.2, -0.15) is 0 Å². The standard InChI is InChI=1S/C9H11NO/c1-10-5-7(6-11)8-3-2-4-9(8)10/h5-6H,2-4H2,1H3. The Kier molecular flexibility index (Phi) is 1.34. The zero-order chi connectivity index (χ0) is 7.84. The number of rotatable bonds is 1. The van der Waals surface area contributed by atoms with E-state index in [0.717, 1.165) is 24.7 Å². The van der Waals surface area contributed by atoms with Crippen LogP contribution < -0.4 is 0 Å². The third-order valence-electron chi connectivity index (χ3n) is 2.42. The highest BCUT2D eigenvalue weighted by atomic mass is 16.1. The molecule has 1 aromatic rings. The Labute approximate surface area is 65.8 Å². The lowest BCUT2D eigenvalue weighted by molar-refractivity contribution is 0.112. The van der Waals surface area contributed by atoms with E-state index in [4.69, 9.17) is 0 Å². The molecule has 0 atom stereocenters. The first-order valence-electron chi connectivity index (χ1n) is 3.95. The van der Waals surface area contributed by atoms with E-state index < -0.39 is 0 Å². The second-order valence-corrected chi connectivity index (χ2v) is 3.09. The normalized spacial score (nSPS) is 15.0. The van der Waals surface area contributed by atoms with Gasteiger partial charge in [-0.1, -0.05) is 0 Å². The summed E-state index contributed by atoms with van der Waals surface area (Å²) in [7, 11) is 2.01. The smallest absolute Gasteiger partial charge is 0.151 e. The first-order valence-corrected chi connectivity index (χ1v) is 3.95. The van der Waals surface area contributed by atoms with Crippen LogP contribution in [0.5, 0.6) is 0 Å². The minimum Gasteiger partial charge on any atom is -0.353 e. The van der Waals surface area contributed by atoms with Crippen LogP contribution in [0.2, 0.25) is 0 Å². The van der Waals surface area contributed by atoms with Gasteiger partial charge in [0, 0.05) is 24.5 Å². The third-order valence-corrected chi connectivity index (χ3v) is 2.42. The fourth-order valence-corrected chi connectivity index (χ4v) is 1.89. The van der Waals surface area contributed by atoms with Gasteiger partial charge in [-0.15, -0.1) is 0 Å². The molecule has 1 heterocycles. The monoisotopic (exact) mass is 149 g/mol. The molecule has 0 spiro atoms. The van der Waals surface area contributed by atoms with Crippen LogP contribution in [0, 0.1) is 0 Å². The number of carbonyl (C=O) groups is 1. The van der Waals surface area contributed by atoms with Crippen LogP contribution in [-0.2, 0) is 19.9 Å². The average molecular weight is 149 g/mol. The Morgan fingerprint density at radius 2 is 2.36 bits per heavy atom. The Hall–Kier alpha value is -1.05. The number of aryl methyl sites for hydroxylation is 1. The number of hydrogen-bond acceptors (Lipinski definition) is 1. The number of aromatic nitrogens is 1. The van der Waals surface area contributed by atoms with Crippen molar-refractivity contribution in [3.05, 3.63) is 23.0 Å². The van der Waals surface area contributed by atoms with E-state index in [9.17, 15) is 4.79 Å². The quantitative estimate of drug-likeness (QED) is 0.552. The van der Waals surface area contributed by atoms with Gasteiger partial charge in [-0.3, -0.25) is 4.79 Å². The van der Waals surface area contributed by atoms with Gasteiger partial charge >= 0.3 is 0 Å². The van der Waals surface area contributed by atoms with Crippen molar-refractivity contribution in [2.24, 2.45) is 7.05 Å². The van der Waals surface area contributed by atoms with Crippen LogP contribution in [-0.4, -0.2) is 10.9 Å². The fraction of sp³-hybridized carbons (Fsp3) is 0.444. The van der Waals surface area contributed by atoms with E-state index in [1.54, 1.807) is 0 Å². The molecule has 2 rings (SSSR count). The maximum atomic E-state index is 10.6. The van der Waals surface area contributed by atoms with E-state index in [-0.39, 0.29) is 0 Å². The minimum absolute atomic E-state index is 0.889. The topological polar surface area (TPSA) is 22.0 Å². The van der Waals surface area contributed by atoms with Crippen LogP contribution >= 0.6 is 0 Å². The Morgan fingerprint density at radius 3 is 3.09 bits per heavy atom.